The maximum absolute atomic E-state index is 9.24. The monoisotopic (exact) mass is 292 g/mol. The number of thioether (sulfide) groups is 1. The highest BCUT2D eigenvalue weighted by molar-refractivity contribution is 7.99. The first-order valence-corrected chi connectivity index (χ1v) is 7.73. The summed E-state index contributed by atoms with van der Waals surface area (Å²) in [5.74, 6) is 0.866. The zero-order valence-electron chi connectivity index (χ0n) is 11.7. The zero-order valence-corrected chi connectivity index (χ0v) is 12.5. The van der Waals surface area contributed by atoms with E-state index in [2.05, 4.69) is 21.7 Å². The minimum Gasteiger partial charge on any atom is -0.390 e. The topological polar surface area (TPSA) is 47.3 Å². The third-order valence-corrected chi connectivity index (χ3v) is 3.77. The molecule has 0 saturated carbocycles. The number of nitrogens with zero attached hydrogens (tertiary/aromatic N) is 2. The van der Waals surface area contributed by atoms with Crippen LogP contribution in [0.3, 0.4) is 0 Å². The first-order valence-electron chi connectivity index (χ1n) is 6.75. The van der Waals surface area contributed by atoms with Crippen LogP contribution in [-0.4, -0.2) is 33.6 Å². The van der Waals surface area contributed by atoms with Crippen LogP contribution in [0.2, 0.25) is 0 Å². The van der Waals surface area contributed by atoms with Crippen LogP contribution >= 0.6 is 11.8 Å². The Morgan fingerprint density at radius 1 is 1.30 bits per heavy atom. The molecule has 0 aliphatic rings. The summed E-state index contributed by atoms with van der Waals surface area (Å²) >= 11 is 1.66. The minimum absolute atomic E-state index is 0.0270. The van der Waals surface area contributed by atoms with Gasteiger partial charge in [-0.25, -0.2) is 4.98 Å². The lowest BCUT2D eigenvalue weighted by Gasteiger charge is -2.07. The molecule has 2 aromatic rings. The Labute approximate surface area is 123 Å². The molecule has 1 N–H and O–H groups in total. The lowest BCUT2D eigenvalue weighted by atomic mass is 10.2. The Morgan fingerprint density at radius 2 is 2.10 bits per heavy atom. The van der Waals surface area contributed by atoms with E-state index >= 15 is 0 Å². The Bertz CT molecular complexity index is 514. The molecule has 4 nitrogen and oxygen atoms in total. The lowest BCUT2D eigenvalue weighted by Crippen LogP contribution is -2.02. The van der Waals surface area contributed by atoms with Gasteiger partial charge in [-0.05, 0) is 12.5 Å². The molecule has 0 bridgehead atoms. The highest BCUT2D eigenvalue weighted by Gasteiger charge is 2.08. The predicted octanol–water partition coefficient (Wildman–Crippen LogP) is 2.55. The van der Waals surface area contributed by atoms with Crippen molar-refractivity contribution in [3.8, 4) is 0 Å². The van der Waals surface area contributed by atoms with E-state index in [0.29, 0.717) is 12.3 Å². The van der Waals surface area contributed by atoms with Gasteiger partial charge in [-0.3, -0.25) is 0 Å². The number of aliphatic hydroxyl groups excluding tert-OH is 1. The zero-order chi connectivity index (χ0) is 14.2. The quantitative estimate of drug-likeness (QED) is 0.600. The summed E-state index contributed by atoms with van der Waals surface area (Å²) in [6.45, 7) is 4.19. The molecule has 20 heavy (non-hydrogen) atoms. The van der Waals surface area contributed by atoms with Crippen LogP contribution < -0.4 is 0 Å². The standard InChI is InChI=1S/C15H20N2O2S/c1-2-19-8-9-20-15-16-14(12-18)11-17(15)10-13-6-4-3-5-7-13/h3-7,11,18H,2,8-10,12H2,1H3. The summed E-state index contributed by atoms with van der Waals surface area (Å²) in [7, 11) is 0. The third kappa shape index (κ3) is 4.37. The van der Waals surface area contributed by atoms with Gasteiger partial charge < -0.3 is 14.4 Å². The smallest absolute Gasteiger partial charge is 0.168 e. The van der Waals surface area contributed by atoms with Gasteiger partial charge in [-0.15, -0.1) is 0 Å². The first kappa shape index (κ1) is 15.1. The molecule has 1 heterocycles. The van der Waals surface area contributed by atoms with Crippen LogP contribution in [0, 0.1) is 0 Å². The number of imidazole rings is 1. The Kier molecular flexibility index (Phi) is 6.11. The summed E-state index contributed by atoms with van der Waals surface area (Å²) in [6.07, 6.45) is 1.91. The molecule has 0 fully saturated rings. The molecule has 0 amide bonds. The second-order valence-electron chi connectivity index (χ2n) is 4.33. The maximum atomic E-state index is 9.24. The summed E-state index contributed by atoms with van der Waals surface area (Å²) < 4.78 is 7.42. The number of aliphatic hydroxyl groups is 1. The molecule has 0 aliphatic carbocycles. The predicted molar refractivity (Wildman–Crippen MR) is 80.9 cm³/mol. The second kappa shape index (κ2) is 8.09. The van der Waals surface area contributed by atoms with Gasteiger partial charge in [0.15, 0.2) is 5.16 Å². The van der Waals surface area contributed by atoms with E-state index < -0.39 is 0 Å². The van der Waals surface area contributed by atoms with Crippen molar-refractivity contribution in [2.24, 2.45) is 0 Å². The van der Waals surface area contributed by atoms with E-state index in [1.165, 1.54) is 5.56 Å². The van der Waals surface area contributed by atoms with Gasteiger partial charge in [0, 0.05) is 25.1 Å². The van der Waals surface area contributed by atoms with E-state index in [1.807, 2.05) is 31.3 Å². The van der Waals surface area contributed by atoms with Crippen molar-refractivity contribution in [3.05, 3.63) is 47.8 Å². The fourth-order valence-electron chi connectivity index (χ4n) is 1.87. The number of benzene rings is 1. The number of hydrogen-bond acceptors (Lipinski definition) is 4. The van der Waals surface area contributed by atoms with E-state index in [1.54, 1.807) is 11.8 Å². The molecular formula is C15H20N2O2S. The minimum atomic E-state index is -0.0270. The number of ether oxygens (including phenoxy) is 1. The van der Waals surface area contributed by atoms with Gasteiger partial charge in [0.25, 0.3) is 0 Å². The highest BCUT2D eigenvalue weighted by Crippen LogP contribution is 2.19. The van der Waals surface area contributed by atoms with Gasteiger partial charge in [-0.1, -0.05) is 42.1 Å². The summed E-state index contributed by atoms with van der Waals surface area (Å²) in [5.41, 5.74) is 1.93. The van der Waals surface area contributed by atoms with Gasteiger partial charge in [0.1, 0.15) is 0 Å². The van der Waals surface area contributed by atoms with E-state index in [-0.39, 0.29) is 6.61 Å². The van der Waals surface area contributed by atoms with Gasteiger partial charge >= 0.3 is 0 Å². The van der Waals surface area contributed by atoms with Crippen LogP contribution in [0.25, 0.3) is 0 Å². The molecule has 0 saturated heterocycles. The Hall–Kier alpha value is -1.30. The Balaban J connectivity index is 2.04. The summed E-state index contributed by atoms with van der Waals surface area (Å²) in [6, 6.07) is 10.2. The van der Waals surface area contributed by atoms with Crippen molar-refractivity contribution in [1.29, 1.82) is 0 Å². The first-order chi connectivity index (χ1) is 9.83. The molecule has 0 radical (unpaired) electrons. The molecule has 2 rings (SSSR count). The van der Waals surface area contributed by atoms with Crippen LogP contribution in [-0.2, 0) is 17.9 Å². The lowest BCUT2D eigenvalue weighted by molar-refractivity contribution is 0.164. The molecule has 0 aliphatic heterocycles. The molecule has 5 heteroatoms. The molecule has 1 aromatic heterocycles. The van der Waals surface area contributed by atoms with E-state index in [9.17, 15) is 5.11 Å². The second-order valence-corrected chi connectivity index (χ2v) is 5.39. The van der Waals surface area contributed by atoms with E-state index in [4.69, 9.17) is 4.74 Å². The van der Waals surface area contributed by atoms with Crippen molar-refractivity contribution in [1.82, 2.24) is 9.55 Å². The van der Waals surface area contributed by atoms with Crippen LogP contribution in [0.15, 0.2) is 41.7 Å². The summed E-state index contributed by atoms with van der Waals surface area (Å²) in [5, 5.41) is 10.2. The number of hydrogen-bond donors (Lipinski definition) is 1. The van der Waals surface area contributed by atoms with Gasteiger partial charge in [0.05, 0.1) is 18.9 Å². The van der Waals surface area contributed by atoms with Crippen molar-refractivity contribution in [2.75, 3.05) is 19.0 Å². The number of aromatic nitrogens is 2. The highest BCUT2D eigenvalue weighted by atomic mass is 32.2. The molecule has 0 spiro atoms. The van der Waals surface area contributed by atoms with Gasteiger partial charge in [0.2, 0.25) is 0 Å². The fraction of sp³-hybridized carbons (Fsp3) is 0.400. The largest absolute Gasteiger partial charge is 0.390 e. The molecule has 1 aromatic carbocycles. The summed E-state index contributed by atoms with van der Waals surface area (Å²) in [4.78, 5) is 4.44. The molecule has 108 valence electrons. The van der Waals surface area contributed by atoms with Crippen molar-refractivity contribution in [3.63, 3.8) is 0 Å². The van der Waals surface area contributed by atoms with E-state index in [0.717, 1.165) is 24.1 Å². The van der Waals surface area contributed by atoms with Crippen molar-refractivity contribution >= 4 is 11.8 Å². The van der Waals surface area contributed by atoms with Crippen LogP contribution in [0.4, 0.5) is 0 Å². The Morgan fingerprint density at radius 3 is 2.80 bits per heavy atom. The molecule has 0 unspecified atom stereocenters. The molecule has 0 atom stereocenters. The average molecular weight is 292 g/mol. The molecular weight excluding hydrogens is 272 g/mol. The third-order valence-electron chi connectivity index (χ3n) is 2.81. The number of rotatable bonds is 8. The van der Waals surface area contributed by atoms with Crippen molar-refractivity contribution in [2.45, 2.75) is 25.2 Å². The maximum Gasteiger partial charge on any atom is 0.168 e. The SMILES string of the molecule is CCOCCSc1nc(CO)cn1Cc1ccccc1. The normalized spacial score (nSPS) is 10.9. The average Bonchev–Trinajstić information content (AvgIpc) is 2.87. The van der Waals surface area contributed by atoms with Gasteiger partial charge in [-0.2, -0.15) is 0 Å². The van der Waals surface area contributed by atoms with Crippen LogP contribution in [0.1, 0.15) is 18.2 Å². The van der Waals surface area contributed by atoms with Crippen molar-refractivity contribution < 1.29 is 9.84 Å². The van der Waals surface area contributed by atoms with Crippen LogP contribution in [0.5, 0.6) is 0 Å². The fourth-order valence-corrected chi connectivity index (χ4v) is 2.72.